The molecule has 2 aromatic carbocycles. The molecule has 1 aromatic heterocycles. The molecule has 6 nitrogen and oxygen atoms in total. The molecule has 1 amide bonds. The van der Waals surface area contributed by atoms with Gasteiger partial charge in [-0.1, -0.05) is 12.1 Å². The molecule has 164 valence electrons. The van der Waals surface area contributed by atoms with E-state index in [0.717, 1.165) is 17.5 Å². The molecule has 31 heavy (non-hydrogen) atoms. The van der Waals surface area contributed by atoms with Crippen molar-refractivity contribution in [2.75, 3.05) is 11.9 Å². The zero-order valence-corrected chi connectivity index (χ0v) is 16.6. The van der Waals surface area contributed by atoms with Crippen LogP contribution >= 0.6 is 11.3 Å². The summed E-state index contributed by atoms with van der Waals surface area (Å²) in [6, 6.07) is 13.6. The van der Waals surface area contributed by atoms with Gasteiger partial charge in [-0.3, -0.25) is 4.79 Å². The van der Waals surface area contributed by atoms with Gasteiger partial charge in [0.2, 0.25) is 0 Å². The fourth-order valence-corrected chi connectivity index (χ4v) is 3.03. The normalized spacial score (nSPS) is 10.7. The van der Waals surface area contributed by atoms with E-state index >= 15 is 0 Å². The predicted octanol–water partition coefficient (Wildman–Crippen LogP) is 4.34. The van der Waals surface area contributed by atoms with Crippen molar-refractivity contribution in [3.05, 3.63) is 71.0 Å². The number of anilines is 1. The maximum Gasteiger partial charge on any atom is 0.490 e. The fourth-order valence-electron chi connectivity index (χ4n) is 2.22. The van der Waals surface area contributed by atoms with Crippen molar-refractivity contribution in [3.63, 3.8) is 0 Å². The lowest BCUT2D eigenvalue weighted by molar-refractivity contribution is -0.192. The maximum atomic E-state index is 13.0. The minimum Gasteiger partial charge on any atom is -0.475 e. The first kappa shape index (κ1) is 24.0. The Hall–Kier alpha value is -3.31. The van der Waals surface area contributed by atoms with Crippen LogP contribution in [0.1, 0.15) is 16.1 Å². The van der Waals surface area contributed by atoms with E-state index in [4.69, 9.17) is 15.6 Å². The summed E-state index contributed by atoms with van der Waals surface area (Å²) in [7, 11) is 0. The van der Waals surface area contributed by atoms with Crippen LogP contribution in [0.25, 0.3) is 10.6 Å². The summed E-state index contributed by atoms with van der Waals surface area (Å²) in [5.41, 5.74) is 8.47. The van der Waals surface area contributed by atoms with E-state index in [1.807, 2.05) is 24.3 Å². The second-order valence-corrected chi connectivity index (χ2v) is 6.90. The molecule has 4 N–H and O–H groups in total. The highest BCUT2D eigenvalue weighted by atomic mass is 32.1. The zero-order chi connectivity index (χ0) is 23.0. The molecule has 3 rings (SSSR count). The van der Waals surface area contributed by atoms with Crippen molar-refractivity contribution < 1.29 is 32.3 Å². The van der Waals surface area contributed by atoms with Gasteiger partial charge < -0.3 is 16.2 Å². The smallest absolute Gasteiger partial charge is 0.475 e. The molecule has 0 saturated heterocycles. The number of hydrogen-bond donors (Lipinski definition) is 3. The number of nitrogens with two attached hydrogens (primary N) is 1. The lowest BCUT2D eigenvalue weighted by Gasteiger charge is -2.04. The number of benzene rings is 2. The van der Waals surface area contributed by atoms with Crippen LogP contribution in [0.3, 0.4) is 0 Å². The molecule has 0 aliphatic heterocycles. The Balaban J connectivity index is 0.000000423. The molecule has 1 heterocycles. The number of rotatable bonds is 5. The highest BCUT2D eigenvalue weighted by Crippen LogP contribution is 2.24. The molecule has 0 saturated carbocycles. The van der Waals surface area contributed by atoms with Crippen LogP contribution in [-0.2, 0) is 11.2 Å². The summed E-state index contributed by atoms with van der Waals surface area (Å²) in [6.07, 6.45) is -4.28. The number of thiazole rings is 1. The standard InChI is InChI=1S/C18H16FN3OS.C2HF3O2/c19-14-5-3-13(4-6-14)18-22-16(11-24-18)17(23)21-15-7-1-12(2-8-15)9-10-20;3-2(4,5)1(6)7/h1-8,11H,9-10,20H2,(H,21,23);(H,6,7). The Morgan fingerprint density at radius 3 is 2.16 bits per heavy atom. The van der Waals surface area contributed by atoms with Crippen LogP contribution in [-0.4, -0.2) is 34.7 Å². The van der Waals surface area contributed by atoms with Crippen molar-refractivity contribution in [3.8, 4) is 10.6 Å². The molecule has 0 bridgehead atoms. The number of carbonyl (C=O) groups excluding carboxylic acids is 1. The minimum absolute atomic E-state index is 0.272. The lowest BCUT2D eigenvalue weighted by atomic mass is 10.1. The Labute approximate surface area is 178 Å². The number of halogens is 4. The first-order valence-electron chi connectivity index (χ1n) is 8.72. The number of carboxylic acids is 1. The molecule has 11 heteroatoms. The Kier molecular flexibility index (Phi) is 8.22. The predicted molar refractivity (Wildman–Crippen MR) is 108 cm³/mol. The molecule has 0 aliphatic rings. The van der Waals surface area contributed by atoms with Gasteiger partial charge in [-0.2, -0.15) is 13.2 Å². The first-order chi connectivity index (χ1) is 14.6. The molecular weight excluding hydrogens is 438 g/mol. The van der Waals surface area contributed by atoms with Crippen molar-refractivity contribution in [2.24, 2.45) is 5.73 Å². The van der Waals surface area contributed by atoms with Crippen LogP contribution in [0.5, 0.6) is 0 Å². The third kappa shape index (κ3) is 7.46. The summed E-state index contributed by atoms with van der Waals surface area (Å²) in [5.74, 6) is -3.33. The highest BCUT2D eigenvalue weighted by Gasteiger charge is 2.38. The van der Waals surface area contributed by atoms with Gasteiger partial charge in [0, 0.05) is 16.6 Å². The third-order valence-electron chi connectivity index (χ3n) is 3.72. The van der Waals surface area contributed by atoms with Gasteiger partial charge in [0.25, 0.3) is 5.91 Å². The summed E-state index contributed by atoms with van der Waals surface area (Å²) in [6.45, 7) is 0.594. The number of hydrogen-bond acceptors (Lipinski definition) is 5. The Morgan fingerprint density at radius 1 is 1.06 bits per heavy atom. The first-order valence-corrected chi connectivity index (χ1v) is 9.60. The molecular formula is C20H17F4N3O3S. The summed E-state index contributed by atoms with van der Waals surface area (Å²) >= 11 is 1.35. The van der Waals surface area contributed by atoms with Crippen molar-refractivity contribution >= 4 is 28.9 Å². The van der Waals surface area contributed by atoms with E-state index in [1.165, 1.54) is 23.5 Å². The highest BCUT2D eigenvalue weighted by molar-refractivity contribution is 7.13. The van der Waals surface area contributed by atoms with E-state index < -0.39 is 12.1 Å². The number of carbonyl (C=O) groups is 2. The molecule has 0 atom stereocenters. The van der Waals surface area contributed by atoms with Crippen molar-refractivity contribution in [1.29, 1.82) is 0 Å². The fraction of sp³-hybridized carbons (Fsp3) is 0.150. The summed E-state index contributed by atoms with van der Waals surface area (Å²) in [4.78, 5) is 25.5. The Morgan fingerprint density at radius 2 is 1.65 bits per heavy atom. The van der Waals surface area contributed by atoms with Gasteiger partial charge in [0.15, 0.2) is 0 Å². The number of amides is 1. The molecule has 3 aromatic rings. The minimum atomic E-state index is -5.08. The van der Waals surface area contributed by atoms with Crippen LogP contribution in [0, 0.1) is 5.82 Å². The van der Waals surface area contributed by atoms with E-state index in [9.17, 15) is 22.4 Å². The van der Waals surface area contributed by atoms with Crippen LogP contribution in [0.2, 0.25) is 0 Å². The van der Waals surface area contributed by atoms with Gasteiger partial charge in [-0.25, -0.2) is 14.2 Å². The zero-order valence-electron chi connectivity index (χ0n) is 15.8. The average molecular weight is 455 g/mol. The Bertz CT molecular complexity index is 1020. The largest absolute Gasteiger partial charge is 0.490 e. The molecule has 0 radical (unpaired) electrons. The molecule has 0 aliphatic carbocycles. The number of aromatic nitrogens is 1. The van der Waals surface area contributed by atoms with E-state index in [1.54, 1.807) is 17.5 Å². The van der Waals surface area contributed by atoms with Gasteiger partial charge >= 0.3 is 12.1 Å². The number of carboxylic acid groups (broad SMARTS) is 1. The number of nitrogens with zero attached hydrogens (tertiary/aromatic N) is 1. The molecule has 0 unspecified atom stereocenters. The van der Waals surface area contributed by atoms with Gasteiger partial charge in [0.1, 0.15) is 16.5 Å². The second-order valence-electron chi connectivity index (χ2n) is 6.04. The van der Waals surface area contributed by atoms with Crippen molar-refractivity contribution in [2.45, 2.75) is 12.6 Å². The van der Waals surface area contributed by atoms with E-state index in [2.05, 4.69) is 10.3 Å². The topological polar surface area (TPSA) is 105 Å². The summed E-state index contributed by atoms with van der Waals surface area (Å²) < 4.78 is 44.7. The van der Waals surface area contributed by atoms with Crippen LogP contribution < -0.4 is 11.1 Å². The van der Waals surface area contributed by atoms with Crippen LogP contribution in [0.15, 0.2) is 53.9 Å². The van der Waals surface area contributed by atoms with Gasteiger partial charge in [0.05, 0.1) is 0 Å². The van der Waals surface area contributed by atoms with Crippen molar-refractivity contribution in [1.82, 2.24) is 4.98 Å². The molecule has 0 spiro atoms. The number of alkyl halides is 3. The SMILES string of the molecule is NCCc1ccc(NC(=O)c2csc(-c3ccc(F)cc3)n2)cc1.O=C(O)C(F)(F)F. The summed E-state index contributed by atoms with van der Waals surface area (Å²) in [5, 5.41) is 12.3. The third-order valence-corrected chi connectivity index (χ3v) is 4.61. The van der Waals surface area contributed by atoms with E-state index in [-0.39, 0.29) is 11.7 Å². The van der Waals surface area contributed by atoms with E-state index in [0.29, 0.717) is 22.9 Å². The molecule has 0 fully saturated rings. The quantitative estimate of drug-likeness (QED) is 0.497. The lowest BCUT2D eigenvalue weighted by Crippen LogP contribution is -2.21. The monoisotopic (exact) mass is 455 g/mol. The average Bonchev–Trinajstić information content (AvgIpc) is 3.20. The van der Waals surface area contributed by atoms with Gasteiger partial charge in [-0.05, 0) is 54.9 Å². The maximum absolute atomic E-state index is 13.0. The van der Waals surface area contributed by atoms with Gasteiger partial charge in [-0.15, -0.1) is 11.3 Å². The number of aliphatic carboxylic acids is 1. The van der Waals surface area contributed by atoms with Crippen LogP contribution in [0.4, 0.5) is 23.2 Å². The number of nitrogens with one attached hydrogen (secondary N) is 1. The second kappa shape index (κ2) is 10.6.